The van der Waals surface area contributed by atoms with E-state index in [9.17, 15) is 5.11 Å². The second kappa shape index (κ2) is 15.8. The lowest BCUT2D eigenvalue weighted by atomic mass is 9.85. The van der Waals surface area contributed by atoms with Crippen LogP contribution in [0.3, 0.4) is 0 Å². The molecule has 0 aromatic carbocycles. The van der Waals surface area contributed by atoms with Crippen LogP contribution in [0.25, 0.3) is 0 Å². The predicted molar refractivity (Wildman–Crippen MR) is 110 cm³/mol. The molecule has 0 spiro atoms. The summed E-state index contributed by atoms with van der Waals surface area (Å²) < 4.78 is 0. The first kappa shape index (κ1) is 24.5. The molecule has 3 heteroatoms. The first-order valence-electron chi connectivity index (χ1n) is 10.3. The van der Waals surface area contributed by atoms with E-state index in [0.29, 0.717) is 11.8 Å². The van der Waals surface area contributed by atoms with Crippen molar-refractivity contribution in [3.8, 4) is 0 Å². The molecular formula is C21H42Cl2O. The molecule has 0 heterocycles. The molecule has 0 aromatic rings. The minimum atomic E-state index is -0.424. The Bertz CT molecular complexity index is 263. The molecule has 0 aliphatic heterocycles. The van der Waals surface area contributed by atoms with Gasteiger partial charge in [-0.05, 0) is 32.6 Å². The van der Waals surface area contributed by atoms with Crippen LogP contribution in [0.1, 0.15) is 111 Å². The van der Waals surface area contributed by atoms with Crippen LogP contribution in [-0.2, 0) is 0 Å². The molecule has 0 aliphatic rings. The Morgan fingerprint density at radius 3 is 1.58 bits per heavy atom. The Morgan fingerprint density at radius 1 is 0.792 bits per heavy atom. The topological polar surface area (TPSA) is 20.2 Å². The van der Waals surface area contributed by atoms with Gasteiger partial charge in [-0.3, -0.25) is 0 Å². The first-order valence-corrected chi connectivity index (χ1v) is 11.3. The largest absolute Gasteiger partial charge is 0.392 e. The Kier molecular flexibility index (Phi) is 16.1. The fourth-order valence-electron chi connectivity index (χ4n) is 3.36. The van der Waals surface area contributed by atoms with Crippen LogP contribution in [0.5, 0.6) is 0 Å². The molecule has 0 fully saturated rings. The van der Waals surface area contributed by atoms with Gasteiger partial charge in [-0.15, -0.1) is 23.2 Å². The van der Waals surface area contributed by atoms with Gasteiger partial charge in [0.15, 0.2) is 0 Å². The normalized spacial score (nSPS) is 14.8. The third-order valence-corrected chi connectivity index (χ3v) is 5.78. The standard InChI is InChI=1S/C21H42Cl2O/c1-4-5-6-7-8-9-10-11-12-13-14-15-16-19(21(2,3)23)17-20(24)18-22/h19-20,24H,4-18H2,1-3H3. The highest BCUT2D eigenvalue weighted by atomic mass is 35.5. The highest BCUT2D eigenvalue weighted by Gasteiger charge is 2.28. The Morgan fingerprint density at radius 2 is 1.21 bits per heavy atom. The molecule has 2 unspecified atom stereocenters. The van der Waals surface area contributed by atoms with Gasteiger partial charge in [-0.1, -0.05) is 84.0 Å². The predicted octanol–water partition coefficient (Wildman–Crippen LogP) is 7.70. The maximum Gasteiger partial charge on any atom is 0.0678 e. The van der Waals surface area contributed by atoms with E-state index in [0.717, 1.165) is 12.8 Å². The Labute approximate surface area is 161 Å². The van der Waals surface area contributed by atoms with Crippen LogP contribution in [-0.4, -0.2) is 22.0 Å². The number of hydrogen-bond donors (Lipinski definition) is 1. The maximum absolute atomic E-state index is 9.79. The summed E-state index contributed by atoms with van der Waals surface area (Å²) in [4.78, 5) is -0.259. The van der Waals surface area contributed by atoms with Crippen molar-refractivity contribution in [1.82, 2.24) is 0 Å². The zero-order chi connectivity index (χ0) is 18.3. The molecule has 0 bridgehead atoms. The molecule has 146 valence electrons. The van der Waals surface area contributed by atoms with Crippen molar-refractivity contribution < 1.29 is 5.11 Å². The highest BCUT2D eigenvalue weighted by Crippen LogP contribution is 2.33. The van der Waals surface area contributed by atoms with Crippen LogP contribution in [0, 0.1) is 5.92 Å². The summed E-state index contributed by atoms with van der Waals surface area (Å²) >= 11 is 12.2. The van der Waals surface area contributed by atoms with Gasteiger partial charge in [0, 0.05) is 10.8 Å². The van der Waals surface area contributed by atoms with E-state index in [1.807, 2.05) is 0 Å². The summed E-state index contributed by atoms with van der Waals surface area (Å²) in [5, 5.41) is 9.79. The molecule has 1 N–H and O–H groups in total. The average molecular weight is 381 g/mol. The maximum atomic E-state index is 9.79. The number of aliphatic hydroxyl groups excluding tert-OH is 1. The molecule has 0 saturated heterocycles. The van der Waals surface area contributed by atoms with Gasteiger partial charge in [-0.2, -0.15) is 0 Å². The van der Waals surface area contributed by atoms with Crippen LogP contribution in [0.15, 0.2) is 0 Å². The summed E-state index contributed by atoms with van der Waals surface area (Å²) in [5.74, 6) is 0.651. The molecule has 2 atom stereocenters. The summed E-state index contributed by atoms with van der Waals surface area (Å²) in [6.07, 6.45) is 17.8. The van der Waals surface area contributed by atoms with Gasteiger partial charge in [-0.25, -0.2) is 0 Å². The van der Waals surface area contributed by atoms with Crippen LogP contribution in [0.4, 0.5) is 0 Å². The first-order chi connectivity index (χ1) is 11.4. The fourth-order valence-corrected chi connectivity index (χ4v) is 3.69. The van der Waals surface area contributed by atoms with Crippen LogP contribution in [0.2, 0.25) is 0 Å². The van der Waals surface area contributed by atoms with Crippen molar-refractivity contribution in [1.29, 1.82) is 0 Å². The number of rotatable bonds is 17. The minimum absolute atomic E-state index is 0.259. The lowest BCUT2D eigenvalue weighted by Crippen LogP contribution is -2.29. The number of alkyl halides is 2. The van der Waals surface area contributed by atoms with Gasteiger partial charge in [0.05, 0.1) is 6.10 Å². The number of hydrogen-bond acceptors (Lipinski definition) is 1. The van der Waals surface area contributed by atoms with Gasteiger partial charge in [0.25, 0.3) is 0 Å². The zero-order valence-corrected chi connectivity index (χ0v) is 18.0. The van der Waals surface area contributed by atoms with Crippen molar-refractivity contribution >= 4 is 23.2 Å². The van der Waals surface area contributed by atoms with E-state index in [1.54, 1.807) is 0 Å². The smallest absolute Gasteiger partial charge is 0.0678 e. The second-order valence-corrected chi connectivity index (χ2v) is 9.27. The van der Waals surface area contributed by atoms with E-state index in [-0.39, 0.29) is 4.87 Å². The number of halogens is 2. The molecule has 0 aromatic heterocycles. The molecule has 24 heavy (non-hydrogen) atoms. The Hall–Kier alpha value is 0.540. The van der Waals surface area contributed by atoms with E-state index in [1.165, 1.54) is 77.0 Å². The lowest BCUT2D eigenvalue weighted by Gasteiger charge is -2.30. The molecule has 0 aliphatic carbocycles. The van der Waals surface area contributed by atoms with Gasteiger partial charge >= 0.3 is 0 Å². The SMILES string of the molecule is CCCCCCCCCCCCCCC(CC(O)CCl)C(C)(C)Cl. The van der Waals surface area contributed by atoms with Crippen molar-refractivity contribution in [3.63, 3.8) is 0 Å². The molecular weight excluding hydrogens is 339 g/mol. The average Bonchev–Trinajstić information content (AvgIpc) is 2.53. The third-order valence-electron chi connectivity index (χ3n) is 5.11. The highest BCUT2D eigenvalue weighted by molar-refractivity contribution is 6.23. The monoisotopic (exact) mass is 380 g/mol. The summed E-state index contributed by atoms with van der Waals surface area (Å²) in [6.45, 7) is 6.39. The molecule has 0 radical (unpaired) electrons. The summed E-state index contributed by atoms with van der Waals surface area (Å²) in [5.41, 5.74) is 0. The lowest BCUT2D eigenvalue weighted by molar-refractivity contribution is 0.148. The second-order valence-electron chi connectivity index (χ2n) is 7.98. The molecule has 0 saturated carbocycles. The molecule has 1 nitrogen and oxygen atoms in total. The van der Waals surface area contributed by atoms with Crippen molar-refractivity contribution in [3.05, 3.63) is 0 Å². The minimum Gasteiger partial charge on any atom is -0.392 e. The van der Waals surface area contributed by atoms with E-state index in [2.05, 4.69) is 20.8 Å². The Balaban J connectivity index is 3.55. The van der Waals surface area contributed by atoms with Crippen LogP contribution >= 0.6 is 23.2 Å². The summed E-state index contributed by atoms with van der Waals surface area (Å²) in [7, 11) is 0. The molecule has 0 amide bonds. The van der Waals surface area contributed by atoms with Crippen molar-refractivity contribution in [2.45, 2.75) is 122 Å². The van der Waals surface area contributed by atoms with E-state index in [4.69, 9.17) is 23.2 Å². The van der Waals surface area contributed by atoms with Crippen LogP contribution < -0.4 is 0 Å². The number of aliphatic hydroxyl groups is 1. The zero-order valence-electron chi connectivity index (χ0n) is 16.5. The number of unbranched alkanes of at least 4 members (excludes halogenated alkanes) is 11. The quantitative estimate of drug-likeness (QED) is 0.202. The van der Waals surface area contributed by atoms with E-state index >= 15 is 0 Å². The van der Waals surface area contributed by atoms with E-state index < -0.39 is 6.10 Å². The van der Waals surface area contributed by atoms with Gasteiger partial charge < -0.3 is 5.11 Å². The third kappa shape index (κ3) is 14.8. The fraction of sp³-hybridized carbons (Fsp3) is 1.00. The summed E-state index contributed by atoms with van der Waals surface area (Å²) in [6, 6.07) is 0. The van der Waals surface area contributed by atoms with Gasteiger partial charge in [0.1, 0.15) is 0 Å². The van der Waals surface area contributed by atoms with Crippen molar-refractivity contribution in [2.24, 2.45) is 5.92 Å². The van der Waals surface area contributed by atoms with Crippen molar-refractivity contribution in [2.75, 3.05) is 5.88 Å². The molecule has 0 rings (SSSR count). The van der Waals surface area contributed by atoms with Gasteiger partial charge in [0.2, 0.25) is 0 Å².